The average Bonchev–Trinajstić information content (AvgIpc) is 2.42. The molecule has 18 heavy (non-hydrogen) atoms. The fraction of sp³-hybridized carbons (Fsp3) is 0.267. The van der Waals surface area contributed by atoms with Crippen molar-refractivity contribution in [1.82, 2.24) is 4.98 Å². The van der Waals surface area contributed by atoms with E-state index in [1.54, 1.807) is 19.4 Å². The summed E-state index contributed by atoms with van der Waals surface area (Å²) in [6.07, 6.45) is 0.909. The average molecular weight is 243 g/mol. The number of aliphatic hydroxyl groups excluding tert-OH is 1. The number of pyridine rings is 1. The summed E-state index contributed by atoms with van der Waals surface area (Å²) in [7, 11) is 1.62. The van der Waals surface area contributed by atoms with Crippen molar-refractivity contribution in [2.24, 2.45) is 0 Å². The lowest BCUT2D eigenvalue weighted by molar-refractivity contribution is 0.209. The first-order valence-electron chi connectivity index (χ1n) is 5.88. The van der Waals surface area contributed by atoms with Crippen molar-refractivity contribution < 1.29 is 9.84 Å². The Morgan fingerprint density at radius 1 is 1.17 bits per heavy atom. The minimum absolute atomic E-state index is 0.624. The lowest BCUT2D eigenvalue weighted by Gasteiger charge is -2.17. The van der Waals surface area contributed by atoms with Crippen molar-refractivity contribution >= 4 is 0 Å². The molecule has 1 aromatic heterocycles. The SMILES string of the molecule is COc1c(C(O)c2ccccn2)ccc(C)c1C. The maximum absolute atomic E-state index is 10.4. The van der Waals surface area contributed by atoms with Crippen molar-refractivity contribution in [3.8, 4) is 5.75 Å². The standard InChI is InChI=1S/C15H17NO2/c1-10-7-8-12(15(18-3)11(10)2)14(17)13-6-4-5-9-16-13/h4-9,14,17H,1-3H3. The summed E-state index contributed by atoms with van der Waals surface area (Å²) in [6, 6.07) is 9.37. The molecule has 3 heteroatoms. The molecule has 0 saturated heterocycles. The molecule has 1 atom stereocenters. The van der Waals surface area contributed by atoms with E-state index in [0.717, 1.165) is 22.4 Å². The van der Waals surface area contributed by atoms with Crippen LogP contribution < -0.4 is 4.74 Å². The number of methoxy groups -OCH3 is 1. The Labute approximate surface area is 107 Å². The normalized spacial score (nSPS) is 12.2. The van der Waals surface area contributed by atoms with Gasteiger partial charge in [-0.15, -0.1) is 0 Å². The lowest BCUT2D eigenvalue weighted by Crippen LogP contribution is -2.06. The molecule has 2 rings (SSSR count). The van der Waals surface area contributed by atoms with E-state index in [4.69, 9.17) is 4.74 Å². The van der Waals surface area contributed by atoms with Gasteiger partial charge in [0.25, 0.3) is 0 Å². The van der Waals surface area contributed by atoms with Gasteiger partial charge in [0.1, 0.15) is 11.9 Å². The van der Waals surface area contributed by atoms with Gasteiger partial charge in [0.05, 0.1) is 12.8 Å². The molecule has 1 heterocycles. The lowest BCUT2D eigenvalue weighted by atomic mass is 9.99. The van der Waals surface area contributed by atoms with Gasteiger partial charge in [-0.05, 0) is 37.1 Å². The third-order valence-corrected chi connectivity index (χ3v) is 3.17. The second-order valence-corrected chi connectivity index (χ2v) is 4.29. The molecule has 0 aliphatic heterocycles. The van der Waals surface area contributed by atoms with Crippen molar-refractivity contribution in [1.29, 1.82) is 0 Å². The minimum Gasteiger partial charge on any atom is -0.496 e. The van der Waals surface area contributed by atoms with Crippen LogP contribution in [-0.2, 0) is 0 Å². The summed E-state index contributed by atoms with van der Waals surface area (Å²) in [4.78, 5) is 4.18. The molecule has 0 radical (unpaired) electrons. The van der Waals surface area contributed by atoms with Gasteiger partial charge in [-0.2, -0.15) is 0 Å². The van der Waals surface area contributed by atoms with Gasteiger partial charge >= 0.3 is 0 Å². The molecule has 1 unspecified atom stereocenters. The Kier molecular flexibility index (Phi) is 3.63. The zero-order valence-corrected chi connectivity index (χ0v) is 10.8. The predicted octanol–water partition coefficient (Wildman–Crippen LogP) is 2.79. The quantitative estimate of drug-likeness (QED) is 0.901. The molecule has 0 fully saturated rings. The highest BCUT2D eigenvalue weighted by Gasteiger charge is 2.18. The number of aliphatic hydroxyl groups is 1. The summed E-state index contributed by atoms with van der Waals surface area (Å²) < 4.78 is 5.41. The van der Waals surface area contributed by atoms with Crippen molar-refractivity contribution in [3.63, 3.8) is 0 Å². The van der Waals surface area contributed by atoms with Crippen LogP contribution >= 0.6 is 0 Å². The highest BCUT2D eigenvalue weighted by Crippen LogP contribution is 2.33. The fourth-order valence-electron chi connectivity index (χ4n) is 1.99. The van der Waals surface area contributed by atoms with E-state index in [2.05, 4.69) is 4.98 Å². The zero-order chi connectivity index (χ0) is 13.1. The number of ether oxygens (including phenoxy) is 1. The van der Waals surface area contributed by atoms with Gasteiger partial charge in [-0.3, -0.25) is 4.98 Å². The third kappa shape index (κ3) is 2.22. The molecule has 0 amide bonds. The highest BCUT2D eigenvalue weighted by atomic mass is 16.5. The van der Waals surface area contributed by atoms with Crippen LogP contribution in [0.3, 0.4) is 0 Å². The maximum atomic E-state index is 10.4. The molecule has 0 aliphatic carbocycles. The van der Waals surface area contributed by atoms with Gasteiger partial charge in [-0.1, -0.05) is 18.2 Å². The molecule has 2 aromatic rings. The first-order valence-corrected chi connectivity index (χ1v) is 5.88. The smallest absolute Gasteiger partial charge is 0.128 e. The van der Waals surface area contributed by atoms with Crippen molar-refractivity contribution in [2.45, 2.75) is 20.0 Å². The summed E-state index contributed by atoms with van der Waals surface area (Å²) in [5.74, 6) is 0.730. The second-order valence-electron chi connectivity index (χ2n) is 4.29. The number of rotatable bonds is 3. The Bertz CT molecular complexity index is 538. The molecular formula is C15H17NO2. The number of hydrogen-bond acceptors (Lipinski definition) is 3. The van der Waals surface area contributed by atoms with E-state index in [-0.39, 0.29) is 0 Å². The molecule has 1 aromatic carbocycles. The van der Waals surface area contributed by atoms with Gasteiger partial charge in [0.15, 0.2) is 0 Å². The van der Waals surface area contributed by atoms with E-state index in [1.807, 2.05) is 38.1 Å². The Morgan fingerprint density at radius 3 is 2.56 bits per heavy atom. The van der Waals surface area contributed by atoms with E-state index >= 15 is 0 Å². The van der Waals surface area contributed by atoms with E-state index < -0.39 is 6.10 Å². The Balaban J connectivity index is 2.49. The van der Waals surface area contributed by atoms with E-state index in [0.29, 0.717) is 5.69 Å². The van der Waals surface area contributed by atoms with Crippen LogP contribution in [0.1, 0.15) is 28.5 Å². The molecule has 3 nitrogen and oxygen atoms in total. The summed E-state index contributed by atoms with van der Waals surface area (Å²) in [6.45, 7) is 4.01. The van der Waals surface area contributed by atoms with Crippen LogP contribution in [0.2, 0.25) is 0 Å². The van der Waals surface area contributed by atoms with Crippen molar-refractivity contribution in [2.75, 3.05) is 7.11 Å². The molecular weight excluding hydrogens is 226 g/mol. The number of hydrogen-bond donors (Lipinski definition) is 1. The Morgan fingerprint density at radius 2 is 1.94 bits per heavy atom. The Hall–Kier alpha value is -1.87. The van der Waals surface area contributed by atoms with E-state index in [9.17, 15) is 5.11 Å². The third-order valence-electron chi connectivity index (χ3n) is 3.17. The maximum Gasteiger partial charge on any atom is 0.128 e. The van der Waals surface area contributed by atoms with Gasteiger partial charge in [0, 0.05) is 11.8 Å². The van der Waals surface area contributed by atoms with Crippen LogP contribution in [-0.4, -0.2) is 17.2 Å². The van der Waals surface area contributed by atoms with Crippen LogP contribution in [0, 0.1) is 13.8 Å². The summed E-state index contributed by atoms with van der Waals surface area (Å²) >= 11 is 0. The number of aromatic nitrogens is 1. The number of aryl methyl sites for hydroxylation is 1. The number of benzene rings is 1. The molecule has 94 valence electrons. The molecule has 0 spiro atoms. The van der Waals surface area contributed by atoms with Crippen LogP contribution in [0.5, 0.6) is 5.75 Å². The van der Waals surface area contributed by atoms with E-state index in [1.165, 1.54) is 0 Å². The molecule has 0 aliphatic rings. The topological polar surface area (TPSA) is 42.4 Å². The summed E-state index contributed by atoms with van der Waals surface area (Å²) in [5.41, 5.74) is 3.56. The summed E-state index contributed by atoms with van der Waals surface area (Å²) in [5, 5.41) is 10.4. The highest BCUT2D eigenvalue weighted by molar-refractivity contribution is 5.48. The molecule has 1 N–H and O–H groups in total. The van der Waals surface area contributed by atoms with Crippen LogP contribution in [0.25, 0.3) is 0 Å². The fourth-order valence-corrected chi connectivity index (χ4v) is 1.99. The van der Waals surface area contributed by atoms with Crippen LogP contribution in [0.15, 0.2) is 36.5 Å². The van der Waals surface area contributed by atoms with Gasteiger partial charge in [-0.25, -0.2) is 0 Å². The van der Waals surface area contributed by atoms with Gasteiger partial charge in [0.2, 0.25) is 0 Å². The second kappa shape index (κ2) is 5.19. The minimum atomic E-state index is -0.763. The zero-order valence-electron chi connectivity index (χ0n) is 10.8. The molecule has 0 saturated carbocycles. The first kappa shape index (κ1) is 12.6. The largest absolute Gasteiger partial charge is 0.496 e. The van der Waals surface area contributed by atoms with Crippen LogP contribution in [0.4, 0.5) is 0 Å². The monoisotopic (exact) mass is 243 g/mol. The van der Waals surface area contributed by atoms with Crippen molar-refractivity contribution in [3.05, 3.63) is 58.9 Å². The number of nitrogens with zero attached hydrogens (tertiary/aromatic N) is 1. The molecule has 0 bridgehead atoms. The van der Waals surface area contributed by atoms with Gasteiger partial charge < -0.3 is 9.84 Å². The first-order chi connectivity index (χ1) is 8.65. The predicted molar refractivity (Wildman–Crippen MR) is 70.8 cm³/mol.